The van der Waals surface area contributed by atoms with Gasteiger partial charge in [-0.25, -0.2) is 4.79 Å². The van der Waals surface area contributed by atoms with Gasteiger partial charge in [0.1, 0.15) is 8.07 Å². The number of imide groups is 1. The second-order valence-corrected chi connectivity index (χ2v) is 12.1. The summed E-state index contributed by atoms with van der Waals surface area (Å²) in [5.41, 5.74) is 4.90. The summed E-state index contributed by atoms with van der Waals surface area (Å²) in [4.78, 5) is 37.1. The number of carbonyl (C=O) groups excluding carboxylic acids is 2. The molecule has 0 N–H and O–H groups in total. The van der Waals surface area contributed by atoms with Gasteiger partial charge in [0, 0.05) is 25.5 Å². The molecule has 0 saturated carbocycles. The summed E-state index contributed by atoms with van der Waals surface area (Å²) >= 11 is 0. The Bertz CT molecular complexity index is 983. The Morgan fingerprint density at radius 3 is 2.24 bits per heavy atom. The summed E-state index contributed by atoms with van der Waals surface area (Å²) in [6.45, 7) is 6.50. The van der Waals surface area contributed by atoms with Crippen LogP contribution < -0.4 is 10.7 Å². The van der Waals surface area contributed by atoms with Gasteiger partial charge in [0.25, 0.3) is 0 Å². The van der Waals surface area contributed by atoms with E-state index in [1.54, 1.807) is 13.1 Å². The van der Waals surface area contributed by atoms with Crippen LogP contribution in [-0.4, -0.2) is 29.1 Å². The summed E-state index contributed by atoms with van der Waals surface area (Å²) in [7, 11) is 0.130. The first-order chi connectivity index (χ1) is 11.7. The third-order valence-electron chi connectivity index (χ3n) is 4.07. The predicted molar refractivity (Wildman–Crippen MR) is 99.5 cm³/mol. The monoisotopic (exact) mass is 355 g/mol. The second-order valence-electron chi connectivity index (χ2n) is 7.31. The molecule has 2 heterocycles. The Labute approximate surface area is 147 Å². The highest BCUT2D eigenvalue weighted by molar-refractivity contribution is 6.83. The molecule has 0 atom stereocenters. The molecular weight excluding hydrogens is 334 g/mol. The molecule has 1 aliphatic heterocycles. The molecule has 0 bridgehead atoms. The smallest absolute Gasteiger partial charge is 0.293 e. The molecule has 1 aliphatic rings. The molecule has 1 fully saturated rings. The average molecular weight is 355 g/mol. The van der Waals surface area contributed by atoms with E-state index in [0.717, 1.165) is 10.6 Å². The second kappa shape index (κ2) is 6.04. The molecular formula is C18H21N3O3Si. The van der Waals surface area contributed by atoms with E-state index >= 15 is 0 Å². The van der Waals surface area contributed by atoms with Gasteiger partial charge < -0.3 is 0 Å². The number of aryl methyl sites for hydroxylation is 1. The molecule has 130 valence electrons. The van der Waals surface area contributed by atoms with Crippen LogP contribution in [0.1, 0.15) is 24.8 Å². The number of hydrogen-bond donors (Lipinski definition) is 0. The van der Waals surface area contributed by atoms with Crippen LogP contribution in [0.4, 0.5) is 0 Å². The normalized spacial score (nSPS) is 15.4. The van der Waals surface area contributed by atoms with Crippen molar-refractivity contribution in [2.24, 2.45) is 7.05 Å². The Balaban J connectivity index is 2.17. The first-order valence-electron chi connectivity index (χ1n) is 8.30. The zero-order valence-corrected chi connectivity index (χ0v) is 15.9. The number of carbonyl (C=O) groups is 2. The number of piperidine rings is 1. The highest BCUT2D eigenvalue weighted by Crippen LogP contribution is 2.18. The van der Waals surface area contributed by atoms with Crippen LogP contribution >= 0.6 is 0 Å². The SMILES string of the molecule is Cn1c(=O)n(N2C(=O)CCCC2=O)c2ccc(C#C[Si](C)(C)C)cc21. The number of amides is 2. The topological polar surface area (TPSA) is 64.3 Å². The van der Waals surface area contributed by atoms with Crippen molar-refractivity contribution in [1.29, 1.82) is 0 Å². The fraction of sp³-hybridized carbons (Fsp3) is 0.389. The van der Waals surface area contributed by atoms with Crippen molar-refractivity contribution in [3.05, 3.63) is 34.2 Å². The highest BCUT2D eigenvalue weighted by atomic mass is 28.3. The maximum atomic E-state index is 12.7. The van der Waals surface area contributed by atoms with E-state index in [-0.39, 0.29) is 24.7 Å². The van der Waals surface area contributed by atoms with Crippen molar-refractivity contribution >= 4 is 30.9 Å². The van der Waals surface area contributed by atoms with Crippen LogP contribution in [0.5, 0.6) is 0 Å². The van der Waals surface area contributed by atoms with Crippen LogP contribution in [0.15, 0.2) is 23.0 Å². The summed E-state index contributed by atoms with van der Waals surface area (Å²) in [5, 5.41) is 0.988. The minimum Gasteiger partial charge on any atom is -0.293 e. The lowest BCUT2D eigenvalue weighted by molar-refractivity contribution is -0.131. The quantitative estimate of drug-likeness (QED) is 0.445. The third-order valence-corrected chi connectivity index (χ3v) is 4.94. The van der Waals surface area contributed by atoms with Crippen molar-refractivity contribution < 1.29 is 9.59 Å². The van der Waals surface area contributed by atoms with Gasteiger partial charge in [-0.2, -0.15) is 9.69 Å². The van der Waals surface area contributed by atoms with Crippen LogP contribution in [0, 0.1) is 11.5 Å². The molecule has 0 radical (unpaired) electrons. The van der Waals surface area contributed by atoms with E-state index in [9.17, 15) is 14.4 Å². The lowest BCUT2D eigenvalue weighted by Gasteiger charge is -2.24. The van der Waals surface area contributed by atoms with Crippen LogP contribution in [0.2, 0.25) is 19.6 Å². The van der Waals surface area contributed by atoms with Gasteiger partial charge in [-0.3, -0.25) is 14.2 Å². The number of hydrogen-bond acceptors (Lipinski definition) is 3. The molecule has 1 aromatic carbocycles. The molecule has 0 aliphatic carbocycles. The number of fused-ring (bicyclic) bond motifs is 1. The Hall–Kier alpha value is -2.59. The van der Waals surface area contributed by atoms with E-state index in [0.29, 0.717) is 17.5 Å². The number of benzene rings is 1. The summed E-state index contributed by atoms with van der Waals surface area (Å²) in [6, 6.07) is 5.41. The molecule has 1 saturated heterocycles. The van der Waals surface area contributed by atoms with Gasteiger partial charge in [-0.15, -0.1) is 5.54 Å². The minimum atomic E-state index is -1.50. The van der Waals surface area contributed by atoms with Crippen LogP contribution in [0.25, 0.3) is 11.0 Å². The summed E-state index contributed by atoms with van der Waals surface area (Å²) < 4.78 is 2.64. The maximum absolute atomic E-state index is 12.7. The van der Waals surface area contributed by atoms with Gasteiger partial charge >= 0.3 is 5.69 Å². The summed E-state index contributed by atoms with van der Waals surface area (Å²) in [5.74, 6) is 2.49. The van der Waals surface area contributed by atoms with Gasteiger partial charge in [0.2, 0.25) is 11.8 Å². The number of aromatic nitrogens is 2. The largest absolute Gasteiger partial charge is 0.348 e. The van der Waals surface area contributed by atoms with Gasteiger partial charge in [0.05, 0.1) is 11.0 Å². The third kappa shape index (κ3) is 3.17. The fourth-order valence-corrected chi connectivity index (χ4v) is 3.33. The molecule has 0 spiro atoms. The highest BCUT2D eigenvalue weighted by Gasteiger charge is 2.31. The van der Waals surface area contributed by atoms with Gasteiger partial charge in [0.15, 0.2) is 0 Å². The molecule has 1 aromatic heterocycles. The van der Waals surface area contributed by atoms with E-state index in [4.69, 9.17) is 0 Å². The fourth-order valence-electron chi connectivity index (χ4n) is 2.81. The summed E-state index contributed by atoms with van der Waals surface area (Å²) in [6.07, 6.45) is 1.08. The molecule has 2 amide bonds. The first kappa shape index (κ1) is 17.2. The number of rotatable bonds is 1. The van der Waals surface area contributed by atoms with Gasteiger partial charge in [-0.1, -0.05) is 25.6 Å². The molecule has 3 rings (SSSR count). The molecule has 0 unspecified atom stereocenters. The lowest BCUT2D eigenvalue weighted by atomic mass is 10.1. The molecule has 7 heteroatoms. The van der Waals surface area contributed by atoms with Crippen molar-refractivity contribution in [3.63, 3.8) is 0 Å². The van der Waals surface area contributed by atoms with E-state index in [1.807, 2.05) is 12.1 Å². The maximum Gasteiger partial charge on any atom is 0.348 e. The standard InChI is InChI=1S/C18H21N3O3Si/c1-19-15-12-13(10-11-25(2,3)4)8-9-14(15)20(18(19)24)21-16(22)6-5-7-17(21)23/h8-9,12H,5-7H2,1-4H3. The van der Waals surface area contributed by atoms with Gasteiger partial charge in [-0.05, 0) is 24.6 Å². The minimum absolute atomic E-state index is 0.272. The van der Waals surface area contributed by atoms with Crippen LogP contribution in [-0.2, 0) is 16.6 Å². The Kier molecular flexibility index (Phi) is 4.17. The Morgan fingerprint density at radius 1 is 1.00 bits per heavy atom. The van der Waals surface area contributed by atoms with Crippen molar-refractivity contribution in [1.82, 2.24) is 9.24 Å². The van der Waals surface area contributed by atoms with Crippen molar-refractivity contribution in [2.45, 2.75) is 38.9 Å². The van der Waals surface area contributed by atoms with Crippen LogP contribution in [0.3, 0.4) is 0 Å². The number of nitrogens with zero attached hydrogens (tertiary/aromatic N) is 3. The van der Waals surface area contributed by atoms with E-state index < -0.39 is 13.8 Å². The zero-order chi connectivity index (χ0) is 18.4. The van der Waals surface area contributed by atoms with E-state index in [1.165, 1.54) is 9.24 Å². The zero-order valence-electron chi connectivity index (χ0n) is 14.9. The van der Waals surface area contributed by atoms with E-state index in [2.05, 4.69) is 31.1 Å². The lowest BCUT2D eigenvalue weighted by Crippen LogP contribution is -2.52. The van der Waals surface area contributed by atoms with Crippen molar-refractivity contribution in [3.8, 4) is 11.5 Å². The van der Waals surface area contributed by atoms with Crippen molar-refractivity contribution in [2.75, 3.05) is 5.01 Å². The average Bonchev–Trinajstić information content (AvgIpc) is 2.77. The molecule has 2 aromatic rings. The molecule has 25 heavy (non-hydrogen) atoms. The molecule has 6 nitrogen and oxygen atoms in total. The first-order valence-corrected chi connectivity index (χ1v) is 11.8. The number of imidazole rings is 1. The predicted octanol–water partition coefficient (Wildman–Crippen LogP) is 1.74. The Morgan fingerprint density at radius 2 is 1.64 bits per heavy atom.